The van der Waals surface area contributed by atoms with Gasteiger partial charge < -0.3 is 5.32 Å². The summed E-state index contributed by atoms with van der Waals surface area (Å²) in [7, 11) is 0. The zero-order valence-electron chi connectivity index (χ0n) is 12.2. The van der Waals surface area contributed by atoms with Crippen molar-refractivity contribution in [2.75, 3.05) is 19.6 Å². The SMILES string of the molecule is Cc1cccc(-c2[nH]ncc2CN2CCNC(C)C2)c1. The van der Waals surface area contributed by atoms with E-state index in [1.54, 1.807) is 0 Å². The molecule has 2 N–H and O–H groups in total. The second-order valence-electron chi connectivity index (χ2n) is 5.73. The van der Waals surface area contributed by atoms with Crippen LogP contribution in [0.1, 0.15) is 18.1 Å². The molecule has 4 nitrogen and oxygen atoms in total. The first kappa shape index (κ1) is 13.3. The third-order valence-electron chi connectivity index (χ3n) is 3.87. The topological polar surface area (TPSA) is 44.0 Å². The zero-order valence-corrected chi connectivity index (χ0v) is 12.2. The van der Waals surface area contributed by atoms with E-state index < -0.39 is 0 Å². The molecular formula is C16H22N4. The summed E-state index contributed by atoms with van der Waals surface area (Å²) in [6, 6.07) is 9.14. The molecule has 0 aliphatic carbocycles. The van der Waals surface area contributed by atoms with Crippen molar-refractivity contribution in [2.45, 2.75) is 26.4 Å². The molecule has 20 heavy (non-hydrogen) atoms. The van der Waals surface area contributed by atoms with Crippen LogP contribution in [0.4, 0.5) is 0 Å². The molecule has 2 aromatic rings. The Morgan fingerprint density at radius 2 is 2.30 bits per heavy atom. The van der Waals surface area contributed by atoms with Gasteiger partial charge in [0, 0.05) is 43.3 Å². The van der Waals surface area contributed by atoms with Gasteiger partial charge >= 0.3 is 0 Å². The summed E-state index contributed by atoms with van der Waals surface area (Å²) in [5.41, 5.74) is 4.93. The van der Waals surface area contributed by atoms with E-state index in [1.165, 1.54) is 16.7 Å². The molecule has 0 radical (unpaired) electrons. The van der Waals surface area contributed by atoms with Gasteiger partial charge in [0.25, 0.3) is 0 Å². The molecule has 3 rings (SSSR count). The Balaban J connectivity index is 1.80. The van der Waals surface area contributed by atoms with Crippen LogP contribution in [0.2, 0.25) is 0 Å². The van der Waals surface area contributed by atoms with Crippen LogP contribution in [0.5, 0.6) is 0 Å². The highest BCUT2D eigenvalue weighted by Crippen LogP contribution is 2.23. The van der Waals surface area contributed by atoms with Gasteiger partial charge in [-0.15, -0.1) is 0 Å². The van der Waals surface area contributed by atoms with Crippen molar-refractivity contribution in [3.63, 3.8) is 0 Å². The van der Waals surface area contributed by atoms with Crippen molar-refractivity contribution in [1.82, 2.24) is 20.4 Å². The van der Waals surface area contributed by atoms with Crippen LogP contribution in [0.15, 0.2) is 30.5 Å². The van der Waals surface area contributed by atoms with Gasteiger partial charge in [0.1, 0.15) is 0 Å². The van der Waals surface area contributed by atoms with E-state index in [9.17, 15) is 0 Å². The van der Waals surface area contributed by atoms with Gasteiger partial charge in [-0.1, -0.05) is 23.8 Å². The molecule has 1 aliphatic heterocycles. The van der Waals surface area contributed by atoms with Gasteiger partial charge in [-0.05, 0) is 19.9 Å². The highest BCUT2D eigenvalue weighted by atomic mass is 15.2. The maximum Gasteiger partial charge on any atom is 0.0695 e. The maximum atomic E-state index is 4.25. The van der Waals surface area contributed by atoms with Gasteiger partial charge in [0.2, 0.25) is 0 Å². The number of benzene rings is 1. The standard InChI is InChI=1S/C16H22N4/c1-12-4-3-5-14(8-12)16-15(9-18-19-16)11-20-7-6-17-13(2)10-20/h3-5,8-9,13,17H,6-7,10-11H2,1-2H3,(H,18,19). The fourth-order valence-corrected chi connectivity index (χ4v) is 2.88. The van der Waals surface area contributed by atoms with Crippen LogP contribution in [-0.4, -0.2) is 40.8 Å². The third-order valence-corrected chi connectivity index (χ3v) is 3.87. The van der Waals surface area contributed by atoms with E-state index in [0.717, 1.165) is 31.9 Å². The van der Waals surface area contributed by atoms with Crippen LogP contribution in [0.3, 0.4) is 0 Å². The first-order valence-corrected chi connectivity index (χ1v) is 7.27. The number of aromatic amines is 1. The number of H-pyrrole nitrogens is 1. The van der Waals surface area contributed by atoms with E-state index in [1.807, 2.05) is 6.20 Å². The maximum absolute atomic E-state index is 4.25. The second kappa shape index (κ2) is 5.77. The number of rotatable bonds is 3. The lowest BCUT2D eigenvalue weighted by Gasteiger charge is -2.31. The predicted molar refractivity (Wildman–Crippen MR) is 81.5 cm³/mol. The first-order chi connectivity index (χ1) is 9.72. The summed E-state index contributed by atoms with van der Waals surface area (Å²) in [4.78, 5) is 2.49. The highest BCUT2D eigenvalue weighted by Gasteiger charge is 2.18. The molecule has 106 valence electrons. The van der Waals surface area contributed by atoms with Crippen molar-refractivity contribution >= 4 is 0 Å². The van der Waals surface area contributed by atoms with Crippen molar-refractivity contribution < 1.29 is 0 Å². The Kier molecular flexibility index (Phi) is 3.85. The number of nitrogens with zero attached hydrogens (tertiary/aromatic N) is 2. The smallest absolute Gasteiger partial charge is 0.0695 e. The van der Waals surface area contributed by atoms with Gasteiger partial charge in [0.15, 0.2) is 0 Å². The van der Waals surface area contributed by atoms with Gasteiger partial charge in [-0.2, -0.15) is 5.10 Å². The van der Waals surface area contributed by atoms with Crippen LogP contribution in [0.25, 0.3) is 11.3 Å². The van der Waals surface area contributed by atoms with E-state index in [-0.39, 0.29) is 0 Å². The summed E-state index contributed by atoms with van der Waals surface area (Å²) >= 11 is 0. The number of aryl methyl sites for hydroxylation is 1. The lowest BCUT2D eigenvalue weighted by molar-refractivity contribution is 0.200. The Morgan fingerprint density at radius 3 is 3.10 bits per heavy atom. The Hall–Kier alpha value is -1.65. The number of aromatic nitrogens is 2. The molecule has 4 heteroatoms. The first-order valence-electron chi connectivity index (χ1n) is 7.27. The van der Waals surface area contributed by atoms with E-state index in [2.05, 4.69) is 58.5 Å². The predicted octanol–water partition coefficient (Wildman–Crippen LogP) is 2.18. The highest BCUT2D eigenvalue weighted by molar-refractivity contribution is 5.63. The molecule has 1 aromatic carbocycles. The van der Waals surface area contributed by atoms with Crippen LogP contribution in [-0.2, 0) is 6.54 Å². The summed E-state index contributed by atoms with van der Waals surface area (Å²) in [6.07, 6.45) is 1.96. The quantitative estimate of drug-likeness (QED) is 0.898. The monoisotopic (exact) mass is 270 g/mol. The molecule has 2 heterocycles. The van der Waals surface area contributed by atoms with Crippen molar-refractivity contribution in [3.05, 3.63) is 41.6 Å². The molecule has 0 spiro atoms. The van der Waals surface area contributed by atoms with Gasteiger partial charge in [0.05, 0.1) is 11.9 Å². The van der Waals surface area contributed by atoms with Crippen LogP contribution in [0, 0.1) is 6.92 Å². The molecule has 0 bridgehead atoms. The molecule has 0 amide bonds. The summed E-state index contributed by atoms with van der Waals surface area (Å²) in [5, 5.41) is 10.9. The molecular weight excluding hydrogens is 248 g/mol. The molecule has 1 unspecified atom stereocenters. The molecule has 1 aromatic heterocycles. The van der Waals surface area contributed by atoms with Crippen molar-refractivity contribution in [1.29, 1.82) is 0 Å². The van der Waals surface area contributed by atoms with Crippen LogP contribution >= 0.6 is 0 Å². The molecule has 1 saturated heterocycles. The summed E-state index contributed by atoms with van der Waals surface area (Å²) < 4.78 is 0. The number of hydrogen-bond donors (Lipinski definition) is 2. The Bertz CT molecular complexity index is 575. The number of hydrogen-bond acceptors (Lipinski definition) is 3. The van der Waals surface area contributed by atoms with E-state index in [0.29, 0.717) is 6.04 Å². The average Bonchev–Trinajstić information content (AvgIpc) is 2.87. The normalized spacial score (nSPS) is 20.2. The summed E-state index contributed by atoms with van der Waals surface area (Å²) in [6.45, 7) is 8.59. The van der Waals surface area contributed by atoms with Crippen molar-refractivity contribution in [3.8, 4) is 11.3 Å². The van der Waals surface area contributed by atoms with Crippen molar-refractivity contribution in [2.24, 2.45) is 0 Å². The Labute approximate surface area is 120 Å². The summed E-state index contributed by atoms with van der Waals surface area (Å²) in [5.74, 6) is 0. The van der Waals surface area contributed by atoms with Crippen LogP contribution < -0.4 is 5.32 Å². The van der Waals surface area contributed by atoms with E-state index >= 15 is 0 Å². The minimum atomic E-state index is 0.568. The minimum absolute atomic E-state index is 0.568. The average molecular weight is 270 g/mol. The minimum Gasteiger partial charge on any atom is -0.312 e. The number of nitrogens with one attached hydrogen (secondary N) is 2. The van der Waals surface area contributed by atoms with Gasteiger partial charge in [-0.25, -0.2) is 0 Å². The third kappa shape index (κ3) is 2.92. The van der Waals surface area contributed by atoms with Gasteiger partial charge in [-0.3, -0.25) is 10.00 Å². The van der Waals surface area contributed by atoms with E-state index in [4.69, 9.17) is 0 Å². The number of piperazine rings is 1. The lowest BCUT2D eigenvalue weighted by Crippen LogP contribution is -2.48. The Morgan fingerprint density at radius 1 is 1.40 bits per heavy atom. The second-order valence-corrected chi connectivity index (χ2v) is 5.73. The molecule has 1 atom stereocenters. The molecule has 1 fully saturated rings. The zero-order chi connectivity index (χ0) is 13.9. The fraction of sp³-hybridized carbons (Fsp3) is 0.438. The fourth-order valence-electron chi connectivity index (χ4n) is 2.88. The molecule has 1 aliphatic rings. The molecule has 0 saturated carbocycles. The largest absolute Gasteiger partial charge is 0.312 e. The lowest BCUT2D eigenvalue weighted by atomic mass is 10.1.